The van der Waals surface area contributed by atoms with Crippen LogP contribution in [0.5, 0.6) is 34.5 Å². The topological polar surface area (TPSA) is 214 Å². The van der Waals surface area contributed by atoms with Crippen molar-refractivity contribution in [2.24, 2.45) is 0 Å². The number of rotatable bonds is 7. The number of esters is 2. The lowest BCUT2D eigenvalue weighted by Gasteiger charge is -2.22. The minimum atomic E-state index is -1.69. The smallest absolute Gasteiger partial charge is 0.338 e. The summed E-state index contributed by atoms with van der Waals surface area (Å²) >= 11 is 0. The molecule has 0 spiro atoms. The number of carbonyl (C=O) groups excluding carboxylic acids is 2. The van der Waals surface area contributed by atoms with Gasteiger partial charge in [0.25, 0.3) is 0 Å². The van der Waals surface area contributed by atoms with Crippen molar-refractivity contribution in [3.05, 3.63) is 35.4 Å². The first-order valence-corrected chi connectivity index (χ1v) is 8.22. The van der Waals surface area contributed by atoms with E-state index in [4.69, 9.17) is 14.6 Å². The largest absolute Gasteiger partial charge is 0.504 e. The van der Waals surface area contributed by atoms with Crippen LogP contribution in [0.3, 0.4) is 0 Å². The number of phenolic OH excluding ortho intramolecular Hbond substituents is 6. The third-order valence-electron chi connectivity index (χ3n) is 3.86. The zero-order chi connectivity index (χ0) is 22.6. The van der Waals surface area contributed by atoms with E-state index in [0.29, 0.717) is 0 Å². The van der Waals surface area contributed by atoms with E-state index in [1.54, 1.807) is 0 Å². The van der Waals surface area contributed by atoms with Gasteiger partial charge in [-0.1, -0.05) is 0 Å². The highest BCUT2D eigenvalue weighted by Gasteiger charge is 2.27. The van der Waals surface area contributed by atoms with Gasteiger partial charge in [-0.3, -0.25) is 0 Å². The molecule has 0 saturated heterocycles. The second-order valence-electron chi connectivity index (χ2n) is 6.02. The lowest BCUT2D eigenvalue weighted by Crippen LogP contribution is -2.38. The first kappa shape index (κ1) is 22.4. The first-order valence-electron chi connectivity index (χ1n) is 8.22. The molecule has 0 aliphatic heterocycles. The van der Waals surface area contributed by atoms with E-state index in [0.717, 1.165) is 24.3 Å². The standard InChI is InChI=1S/C18H18O12/c19-5-13(24)14(30-18(28)8-3-11(22)16(26)12(23)4-8)6-29-17(27)7-1-9(20)15(25)10(21)2-7/h1-4,13-14,19-26H,5-6H2/t13-,14-/m1/s1. The molecule has 0 aromatic heterocycles. The van der Waals surface area contributed by atoms with Gasteiger partial charge in [0.2, 0.25) is 0 Å². The van der Waals surface area contributed by atoms with E-state index in [2.05, 4.69) is 0 Å². The molecule has 2 atom stereocenters. The summed E-state index contributed by atoms with van der Waals surface area (Å²) in [5, 5.41) is 75.2. The highest BCUT2D eigenvalue weighted by molar-refractivity contribution is 5.92. The van der Waals surface area contributed by atoms with Crippen molar-refractivity contribution in [3.8, 4) is 34.5 Å². The molecule has 0 bridgehead atoms. The van der Waals surface area contributed by atoms with Crippen LogP contribution in [0.25, 0.3) is 0 Å². The van der Waals surface area contributed by atoms with Gasteiger partial charge in [0.15, 0.2) is 40.6 Å². The summed E-state index contributed by atoms with van der Waals surface area (Å²) < 4.78 is 9.76. The molecule has 12 heteroatoms. The Morgan fingerprint density at radius 2 is 1.17 bits per heavy atom. The number of phenols is 6. The number of aliphatic hydroxyl groups is 2. The number of benzene rings is 2. The Morgan fingerprint density at radius 1 is 0.767 bits per heavy atom. The van der Waals surface area contributed by atoms with E-state index in [1.807, 2.05) is 0 Å². The molecular formula is C18H18O12. The van der Waals surface area contributed by atoms with Crippen LogP contribution in [0.2, 0.25) is 0 Å². The highest BCUT2D eigenvalue weighted by Crippen LogP contribution is 2.36. The molecule has 2 aromatic rings. The van der Waals surface area contributed by atoms with Crippen molar-refractivity contribution in [2.75, 3.05) is 13.2 Å². The summed E-state index contributed by atoms with van der Waals surface area (Å²) in [5.41, 5.74) is -0.794. The van der Waals surface area contributed by atoms with Crippen LogP contribution in [0.4, 0.5) is 0 Å². The first-order chi connectivity index (χ1) is 14.0. The van der Waals surface area contributed by atoms with Gasteiger partial charge in [-0.25, -0.2) is 9.59 Å². The molecule has 0 heterocycles. The second kappa shape index (κ2) is 9.07. The summed E-state index contributed by atoms with van der Waals surface area (Å²) in [4.78, 5) is 24.2. The molecular weight excluding hydrogens is 408 g/mol. The molecule has 2 aromatic carbocycles. The summed E-state index contributed by atoms with van der Waals surface area (Å²) in [5.74, 6) is -7.29. The highest BCUT2D eigenvalue weighted by atomic mass is 16.6. The maximum Gasteiger partial charge on any atom is 0.338 e. The molecule has 30 heavy (non-hydrogen) atoms. The van der Waals surface area contributed by atoms with Gasteiger partial charge in [-0.2, -0.15) is 0 Å². The van der Waals surface area contributed by atoms with Crippen LogP contribution in [0.1, 0.15) is 20.7 Å². The Morgan fingerprint density at radius 3 is 1.57 bits per heavy atom. The van der Waals surface area contributed by atoms with Gasteiger partial charge in [-0.05, 0) is 24.3 Å². The van der Waals surface area contributed by atoms with Crippen LogP contribution in [-0.2, 0) is 9.47 Å². The molecule has 8 N–H and O–H groups in total. The summed E-state index contributed by atoms with van der Waals surface area (Å²) in [6, 6.07) is 3.13. The molecule has 162 valence electrons. The van der Waals surface area contributed by atoms with Crippen molar-refractivity contribution in [3.63, 3.8) is 0 Å². The number of hydrogen-bond acceptors (Lipinski definition) is 12. The Hall–Kier alpha value is -3.90. The Balaban J connectivity index is 2.13. The van der Waals surface area contributed by atoms with E-state index in [-0.39, 0.29) is 5.56 Å². The molecule has 12 nitrogen and oxygen atoms in total. The number of aliphatic hydroxyl groups excluding tert-OH is 2. The number of hydrogen-bond donors (Lipinski definition) is 8. The maximum atomic E-state index is 12.2. The Labute approximate surface area is 168 Å². The van der Waals surface area contributed by atoms with E-state index < -0.39 is 77.4 Å². The van der Waals surface area contributed by atoms with Gasteiger partial charge in [0.1, 0.15) is 12.7 Å². The summed E-state index contributed by atoms with van der Waals surface area (Å²) in [7, 11) is 0. The molecule has 0 aliphatic carbocycles. The average molecular weight is 426 g/mol. The van der Waals surface area contributed by atoms with Crippen LogP contribution >= 0.6 is 0 Å². The Bertz CT molecular complexity index is 908. The predicted octanol–water partition coefficient (Wildman–Crippen LogP) is -0.344. The summed E-state index contributed by atoms with van der Waals surface area (Å²) in [6.07, 6.45) is -3.29. The third-order valence-corrected chi connectivity index (χ3v) is 3.86. The van der Waals surface area contributed by atoms with Gasteiger partial charge in [-0.15, -0.1) is 0 Å². The van der Waals surface area contributed by atoms with Gasteiger partial charge < -0.3 is 50.3 Å². The minimum Gasteiger partial charge on any atom is -0.504 e. The van der Waals surface area contributed by atoms with Gasteiger partial charge in [0, 0.05) is 0 Å². The normalized spacial score (nSPS) is 12.7. The zero-order valence-electron chi connectivity index (χ0n) is 15.1. The fourth-order valence-corrected chi connectivity index (χ4v) is 2.23. The predicted molar refractivity (Wildman–Crippen MR) is 95.5 cm³/mol. The molecule has 0 fully saturated rings. The lowest BCUT2D eigenvalue weighted by atomic mass is 10.1. The van der Waals surface area contributed by atoms with Crippen LogP contribution in [-0.4, -0.2) is 78.2 Å². The van der Waals surface area contributed by atoms with Crippen molar-refractivity contribution < 1.29 is 59.9 Å². The Kier molecular flexibility index (Phi) is 6.77. The van der Waals surface area contributed by atoms with Crippen LogP contribution < -0.4 is 0 Å². The van der Waals surface area contributed by atoms with E-state index >= 15 is 0 Å². The van der Waals surface area contributed by atoms with Crippen LogP contribution in [0.15, 0.2) is 24.3 Å². The van der Waals surface area contributed by atoms with Crippen molar-refractivity contribution in [1.82, 2.24) is 0 Å². The average Bonchev–Trinajstić information content (AvgIpc) is 2.71. The molecule has 0 aliphatic rings. The molecule has 2 rings (SSSR count). The quantitative estimate of drug-likeness (QED) is 0.211. The monoisotopic (exact) mass is 426 g/mol. The van der Waals surface area contributed by atoms with Gasteiger partial charge in [0.05, 0.1) is 17.7 Å². The zero-order valence-corrected chi connectivity index (χ0v) is 15.1. The number of aromatic hydroxyl groups is 6. The summed E-state index contributed by atoms with van der Waals surface area (Å²) in [6.45, 7) is -1.66. The van der Waals surface area contributed by atoms with Crippen molar-refractivity contribution in [1.29, 1.82) is 0 Å². The number of ether oxygens (including phenoxy) is 2. The molecule has 0 amide bonds. The van der Waals surface area contributed by atoms with E-state index in [9.17, 15) is 45.3 Å². The molecule has 0 unspecified atom stereocenters. The van der Waals surface area contributed by atoms with Crippen molar-refractivity contribution >= 4 is 11.9 Å². The third kappa shape index (κ3) is 4.92. The fourth-order valence-electron chi connectivity index (χ4n) is 2.23. The van der Waals surface area contributed by atoms with Gasteiger partial charge >= 0.3 is 11.9 Å². The fraction of sp³-hybridized carbons (Fsp3) is 0.222. The number of carbonyl (C=O) groups is 2. The SMILES string of the molecule is O=C(OC[C@@H](OC(=O)c1cc(O)c(O)c(O)c1)[C@H](O)CO)c1cc(O)c(O)c(O)c1. The molecule has 0 saturated carbocycles. The van der Waals surface area contributed by atoms with Crippen LogP contribution in [0, 0.1) is 0 Å². The second-order valence-corrected chi connectivity index (χ2v) is 6.02. The lowest BCUT2D eigenvalue weighted by molar-refractivity contribution is -0.0618. The van der Waals surface area contributed by atoms with Crippen molar-refractivity contribution in [2.45, 2.75) is 12.2 Å². The molecule has 0 radical (unpaired) electrons. The maximum absolute atomic E-state index is 12.2. The van der Waals surface area contributed by atoms with E-state index in [1.165, 1.54) is 0 Å². The minimum absolute atomic E-state index is 0.375.